The zero-order chi connectivity index (χ0) is 25.7. The molecule has 2 aliphatic heterocycles. The highest BCUT2D eigenvalue weighted by molar-refractivity contribution is 5.94. The van der Waals surface area contributed by atoms with E-state index in [0.717, 1.165) is 30.4 Å². The summed E-state index contributed by atoms with van der Waals surface area (Å²) in [6.45, 7) is 2.74. The van der Waals surface area contributed by atoms with Crippen LogP contribution in [-0.2, 0) is 0 Å². The van der Waals surface area contributed by atoms with Gasteiger partial charge in [0.05, 0.1) is 18.4 Å². The number of nitrogens with one attached hydrogen (secondary N) is 1. The average molecular weight is 495 g/mol. The summed E-state index contributed by atoms with van der Waals surface area (Å²) in [6.07, 6.45) is 5.99. The van der Waals surface area contributed by atoms with E-state index in [9.17, 15) is 9.59 Å². The summed E-state index contributed by atoms with van der Waals surface area (Å²) in [5.41, 5.74) is 2.92. The highest BCUT2D eigenvalue weighted by Crippen LogP contribution is 2.41. The van der Waals surface area contributed by atoms with Gasteiger partial charge in [0.1, 0.15) is 5.75 Å². The van der Waals surface area contributed by atoms with Crippen LogP contribution in [-0.4, -0.2) is 60.0 Å². The first-order valence-corrected chi connectivity index (χ1v) is 12.6. The third-order valence-corrected chi connectivity index (χ3v) is 7.30. The van der Waals surface area contributed by atoms with Crippen LogP contribution in [0.4, 0.5) is 10.5 Å². The predicted molar refractivity (Wildman–Crippen MR) is 142 cm³/mol. The largest absolute Gasteiger partial charge is 0.495 e. The van der Waals surface area contributed by atoms with Gasteiger partial charge in [0.15, 0.2) is 0 Å². The molecular formula is C30H30N4O3. The van der Waals surface area contributed by atoms with E-state index in [-0.39, 0.29) is 17.4 Å². The Labute approximate surface area is 217 Å². The zero-order valence-corrected chi connectivity index (χ0v) is 20.9. The lowest BCUT2D eigenvalue weighted by Gasteiger charge is -2.39. The number of hydrogen-bond donors (Lipinski definition) is 1. The van der Waals surface area contributed by atoms with E-state index in [2.05, 4.69) is 22.1 Å². The Morgan fingerprint density at radius 3 is 2.32 bits per heavy atom. The minimum Gasteiger partial charge on any atom is -0.495 e. The number of urea groups is 1. The number of nitrogens with zero attached hydrogens (tertiary/aromatic N) is 3. The average Bonchev–Trinajstić information content (AvgIpc) is 3.36. The Kier molecular flexibility index (Phi) is 7.09. The van der Waals surface area contributed by atoms with Crippen molar-refractivity contribution in [2.24, 2.45) is 5.41 Å². The van der Waals surface area contributed by atoms with Gasteiger partial charge in [-0.15, -0.1) is 0 Å². The SMILES string of the molecule is COc1ccccc1NC(=O)N1CCC2(CC1)CCN(C(=O)c1cncc(C#Cc3ccccc3)c1)C2. The van der Waals surface area contributed by atoms with Gasteiger partial charge < -0.3 is 19.9 Å². The molecule has 0 radical (unpaired) electrons. The van der Waals surface area contributed by atoms with Crippen LogP contribution in [0.5, 0.6) is 5.75 Å². The molecule has 37 heavy (non-hydrogen) atoms. The van der Waals surface area contributed by atoms with Crippen LogP contribution >= 0.6 is 0 Å². The molecule has 2 saturated heterocycles. The summed E-state index contributed by atoms with van der Waals surface area (Å²) in [6, 6.07) is 18.8. The van der Waals surface area contributed by atoms with Crippen molar-refractivity contribution in [1.82, 2.24) is 14.8 Å². The van der Waals surface area contributed by atoms with Crippen LogP contribution < -0.4 is 10.1 Å². The summed E-state index contributed by atoms with van der Waals surface area (Å²) in [5.74, 6) is 6.86. The van der Waals surface area contributed by atoms with E-state index in [1.807, 2.05) is 70.5 Å². The molecular weight excluding hydrogens is 464 g/mol. The van der Waals surface area contributed by atoms with Crippen LogP contribution in [0, 0.1) is 17.3 Å². The summed E-state index contributed by atoms with van der Waals surface area (Å²) < 4.78 is 5.34. The molecule has 2 fully saturated rings. The topological polar surface area (TPSA) is 74.8 Å². The van der Waals surface area contributed by atoms with Crippen LogP contribution in [0.2, 0.25) is 0 Å². The van der Waals surface area contributed by atoms with Gasteiger partial charge in [-0.05, 0) is 55.0 Å². The van der Waals surface area contributed by atoms with Gasteiger partial charge in [-0.3, -0.25) is 9.78 Å². The third kappa shape index (κ3) is 5.59. The number of anilines is 1. The van der Waals surface area contributed by atoms with Gasteiger partial charge in [0.2, 0.25) is 0 Å². The van der Waals surface area contributed by atoms with Crippen LogP contribution in [0.15, 0.2) is 73.1 Å². The van der Waals surface area contributed by atoms with Crippen LogP contribution in [0.1, 0.15) is 40.7 Å². The molecule has 0 saturated carbocycles. The van der Waals surface area contributed by atoms with Crippen molar-refractivity contribution in [2.45, 2.75) is 19.3 Å². The Morgan fingerprint density at radius 2 is 1.57 bits per heavy atom. The van der Waals surface area contributed by atoms with Crippen molar-refractivity contribution in [3.8, 4) is 17.6 Å². The van der Waals surface area contributed by atoms with Gasteiger partial charge in [-0.25, -0.2) is 4.79 Å². The van der Waals surface area contributed by atoms with E-state index in [1.165, 1.54) is 0 Å². The van der Waals surface area contributed by atoms with Gasteiger partial charge in [0.25, 0.3) is 5.91 Å². The molecule has 1 N–H and O–H groups in total. The fourth-order valence-electron chi connectivity index (χ4n) is 5.12. The first kappa shape index (κ1) is 24.4. The maximum atomic E-state index is 13.3. The molecule has 3 amide bonds. The fraction of sp³-hybridized carbons (Fsp3) is 0.300. The van der Waals surface area contributed by atoms with Gasteiger partial charge in [0, 0.05) is 49.7 Å². The van der Waals surface area contributed by atoms with Crippen molar-refractivity contribution < 1.29 is 14.3 Å². The number of likely N-dealkylation sites (tertiary alicyclic amines) is 2. The second-order valence-electron chi connectivity index (χ2n) is 9.67. The van der Waals surface area contributed by atoms with Gasteiger partial charge in [-0.2, -0.15) is 0 Å². The summed E-state index contributed by atoms with van der Waals surface area (Å²) in [7, 11) is 1.59. The standard InChI is InChI=1S/C30H30N4O3/c1-37-27-10-6-5-9-26(27)32-29(36)33-16-13-30(14-17-33)15-18-34(22-30)28(35)25-19-24(20-31-21-25)12-11-23-7-3-2-4-8-23/h2-10,19-21H,13-18,22H2,1H3,(H,32,36). The molecule has 0 bridgehead atoms. The van der Waals surface area contributed by atoms with Crippen LogP contribution in [0.3, 0.4) is 0 Å². The molecule has 0 atom stereocenters. The van der Waals surface area contributed by atoms with E-state index >= 15 is 0 Å². The number of ether oxygens (including phenoxy) is 1. The highest BCUT2D eigenvalue weighted by Gasteiger charge is 2.43. The molecule has 3 aromatic rings. The first-order chi connectivity index (χ1) is 18.0. The highest BCUT2D eigenvalue weighted by atomic mass is 16.5. The lowest BCUT2D eigenvalue weighted by atomic mass is 9.78. The maximum Gasteiger partial charge on any atom is 0.321 e. The molecule has 188 valence electrons. The van der Waals surface area contributed by atoms with Gasteiger partial charge in [-0.1, -0.05) is 42.2 Å². The molecule has 7 heteroatoms. The number of amides is 3. The lowest BCUT2D eigenvalue weighted by Crippen LogP contribution is -2.46. The predicted octanol–water partition coefficient (Wildman–Crippen LogP) is 4.65. The molecule has 1 spiro atoms. The van der Waals surface area contributed by atoms with E-state index in [0.29, 0.717) is 43.2 Å². The molecule has 7 nitrogen and oxygen atoms in total. The Hall–Kier alpha value is -4.31. The number of pyridine rings is 1. The number of piperidine rings is 1. The monoisotopic (exact) mass is 494 g/mol. The normalized spacial score (nSPS) is 16.1. The minimum atomic E-state index is -0.121. The minimum absolute atomic E-state index is 0.0101. The lowest BCUT2D eigenvalue weighted by molar-refractivity contribution is 0.0739. The van der Waals surface area contributed by atoms with Gasteiger partial charge >= 0.3 is 6.03 Å². The summed E-state index contributed by atoms with van der Waals surface area (Å²) >= 11 is 0. The molecule has 0 aliphatic carbocycles. The number of hydrogen-bond acceptors (Lipinski definition) is 4. The Bertz CT molecular complexity index is 1340. The Morgan fingerprint density at radius 1 is 0.892 bits per heavy atom. The van der Waals surface area contributed by atoms with Crippen molar-refractivity contribution in [3.63, 3.8) is 0 Å². The van der Waals surface area contributed by atoms with Crippen LogP contribution in [0.25, 0.3) is 0 Å². The molecule has 2 aromatic carbocycles. The molecule has 2 aliphatic rings. The molecule has 1 aromatic heterocycles. The van der Waals surface area contributed by atoms with Crippen molar-refractivity contribution >= 4 is 17.6 Å². The first-order valence-electron chi connectivity index (χ1n) is 12.6. The van der Waals surface area contributed by atoms with Crippen molar-refractivity contribution in [3.05, 3.63) is 89.7 Å². The second kappa shape index (κ2) is 10.8. The van der Waals surface area contributed by atoms with Crippen molar-refractivity contribution in [2.75, 3.05) is 38.6 Å². The number of aromatic nitrogens is 1. The maximum absolute atomic E-state index is 13.3. The quantitative estimate of drug-likeness (QED) is 0.538. The number of carbonyl (C=O) groups is 2. The van der Waals surface area contributed by atoms with E-state index < -0.39 is 0 Å². The van der Waals surface area contributed by atoms with Crippen molar-refractivity contribution in [1.29, 1.82) is 0 Å². The Balaban J connectivity index is 1.18. The summed E-state index contributed by atoms with van der Waals surface area (Å²) in [4.78, 5) is 34.2. The summed E-state index contributed by atoms with van der Waals surface area (Å²) in [5, 5.41) is 2.96. The molecule has 3 heterocycles. The zero-order valence-electron chi connectivity index (χ0n) is 20.9. The number of methoxy groups -OCH3 is 1. The molecule has 5 rings (SSSR count). The fourth-order valence-corrected chi connectivity index (χ4v) is 5.12. The van der Waals surface area contributed by atoms with E-state index in [4.69, 9.17) is 4.74 Å². The second-order valence-corrected chi connectivity index (χ2v) is 9.67. The number of para-hydroxylation sites is 2. The number of carbonyl (C=O) groups excluding carboxylic acids is 2. The smallest absolute Gasteiger partial charge is 0.321 e. The molecule has 0 unspecified atom stereocenters. The number of benzene rings is 2. The number of rotatable bonds is 3. The van der Waals surface area contributed by atoms with E-state index in [1.54, 1.807) is 19.5 Å². The third-order valence-electron chi connectivity index (χ3n) is 7.30.